The second kappa shape index (κ2) is 9.04. The quantitative estimate of drug-likeness (QED) is 0.441. The van der Waals surface area contributed by atoms with Crippen LogP contribution in [-0.2, 0) is 20.1 Å². The molecule has 1 amide bonds. The van der Waals surface area contributed by atoms with Crippen LogP contribution in [0.5, 0.6) is 0 Å². The Hall–Kier alpha value is -3.49. The fourth-order valence-electron chi connectivity index (χ4n) is 4.53. The Morgan fingerprint density at radius 1 is 0.941 bits per heavy atom. The van der Waals surface area contributed by atoms with E-state index >= 15 is 0 Å². The normalized spacial score (nSPS) is 11.5. The van der Waals surface area contributed by atoms with E-state index in [4.69, 9.17) is 10.1 Å². The number of carbonyl (C=O) groups excluding carboxylic acids is 1. The fourth-order valence-corrected chi connectivity index (χ4v) is 4.53. The Balaban J connectivity index is 1.68. The van der Waals surface area contributed by atoms with Gasteiger partial charge in [0.15, 0.2) is 5.65 Å². The fraction of sp³-hybridized carbons (Fsp3) is 0.480. The number of aryl methyl sites for hydroxylation is 6. The number of anilines is 1. The number of nitrogens with zero attached hydrogens (tertiary/aromatic N) is 7. The Morgan fingerprint density at radius 3 is 2.29 bits per heavy atom. The van der Waals surface area contributed by atoms with Crippen molar-refractivity contribution in [2.45, 2.75) is 74.4 Å². The highest BCUT2D eigenvalue weighted by Gasteiger charge is 2.22. The smallest absolute Gasteiger partial charge is 0.256 e. The molecule has 4 aromatic heterocycles. The summed E-state index contributed by atoms with van der Waals surface area (Å²) in [4.78, 5) is 18.2. The summed E-state index contributed by atoms with van der Waals surface area (Å²) in [6.07, 6.45) is 2.08. The molecule has 0 unspecified atom stereocenters. The van der Waals surface area contributed by atoms with E-state index < -0.39 is 0 Å². The minimum absolute atomic E-state index is 0.173. The molecule has 34 heavy (non-hydrogen) atoms. The van der Waals surface area contributed by atoms with E-state index in [0.717, 1.165) is 75.8 Å². The molecule has 0 aliphatic carbocycles. The van der Waals surface area contributed by atoms with Gasteiger partial charge in [0.25, 0.3) is 5.91 Å². The molecule has 9 heteroatoms. The molecule has 0 bridgehead atoms. The van der Waals surface area contributed by atoms with E-state index in [-0.39, 0.29) is 5.91 Å². The number of pyridine rings is 1. The Kier molecular flexibility index (Phi) is 6.29. The average molecular weight is 463 g/mol. The molecule has 180 valence electrons. The third kappa shape index (κ3) is 4.10. The van der Waals surface area contributed by atoms with E-state index in [2.05, 4.69) is 29.4 Å². The van der Waals surface area contributed by atoms with Crippen LogP contribution in [0.25, 0.3) is 11.0 Å². The molecule has 0 atom stereocenters. The molecule has 1 N–H and O–H groups in total. The summed E-state index contributed by atoms with van der Waals surface area (Å²) in [6, 6.07) is 1.84. The molecule has 0 aromatic carbocycles. The molecule has 0 aliphatic rings. The molecule has 0 spiro atoms. The molecular weight excluding hydrogens is 428 g/mol. The topological polar surface area (TPSA) is 95.5 Å². The summed E-state index contributed by atoms with van der Waals surface area (Å²) in [5.74, 6) is -0.173. The second-order valence-electron chi connectivity index (χ2n) is 9.10. The third-order valence-corrected chi connectivity index (χ3v) is 6.56. The van der Waals surface area contributed by atoms with Crippen molar-refractivity contribution in [3.05, 3.63) is 51.4 Å². The molecule has 0 aliphatic heterocycles. The molecule has 0 saturated heterocycles. The third-order valence-electron chi connectivity index (χ3n) is 6.56. The maximum absolute atomic E-state index is 13.5. The zero-order valence-electron chi connectivity index (χ0n) is 21.4. The van der Waals surface area contributed by atoms with E-state index in [0.29, 0.717) is 12.1 Å². The lowest BCUT2D eigenvalue weighted by Gasteiger charge is -2.10. The monoisotopic (exact) mass is 462 g/mol. The van der Waals surface area contributed by atoms with Crippen molar-refractivity contribution in [3.8, 4) is 0 Å². The van der Waals surface area contributed by atoms with Crippen LogP contribution in [-0.4, -0.2) is 40.2 Å². The highest BCUT2D eigenvalue weighted by molar-refractivity contribution is 6.13. The van der Waals surface area contributed by atoms with Crippen LogP contribution in [0.1, 0.15) is 69.9 Å². The van der Waals surface area contributed by atoms with Crippen molar-refractivity contribution < 1.29 is 4.79 Å². The predicted octanol–water partition coefficient (Wildman–Crippen LogP) is 4.31. The lowest BCUT2D eigenvalue weighted by atomic mass is 10.1. The first-order chi connectivity index (χ1) is 16.1. The number of aromatic nitrogens is 7. The number of nitrogens with one attached hydrogen (secondary N) is 1. The van der Waals surface area contributed by atoms with E-state index in [1.165, 1.54) is 0 Å². The summed E-state index contributed by atoms with van der Waals surface area (Å²) >= 11 is 0. The number of hydrogen-bond acceptors (Lipinski definition) is 5. The largest absolute Gasteiger partial charge is 0.319 e. The number of fused-ring (bicyclic) bond motifs is 1. The maximum atomic E-state index is 13.5. The lowest BCUT2D eigenvalue weighted by molar-refractivity contribution is 0.102. The van der Waals surface area contributed by atoms with Gasteiger partial charge < -0.3 is 5.32 Å². The van der Waals surface area contributed by atoms with Crippen LogP contribution in [0.2, 0.25) is 0 Å². The Morgan fingerprint density at radius 2 is 1.65 bits per heavy atom. The van der Waals surface area contributed by atoms with Crippen molar-refractivity contribution in [2.24, 2.45) is 7.05 Å². The zero-order valence-corrected chi connectivity index (χ0v) is 21.4. The van der Waals surface area contributed by atoms with E-state index in [1.807, 2.05) is 61.8 Å². The minimum Gasteiger partial charge on any atom is -0.319 e. The molecular formula is C25H34N8O. The predicted molar refractivity (Wildman–Crippen MR) is 133 cm³/mol. The van der Waals surface area contributed by atoms with Gasteiger partial charge in [0.1, 0.15) is 0 Å². The second-order valence-corrected chi connectivity index (χ2v) is 9.10. The van der Waals surface area contributed by atoms with Crippen LogP contribution in [0, 0.1) is 41.5 Å². The molecule has 0 saturated carbocycles. The van der Waals surface area contributed by atoms with Gasteiger partial charge in [0, 0.05) is 30.5 Å². The van der Waals surface area contributed by atoms with Gasteiger partial charge in [-0.1, -0.05) is 13.3 Å². The van der Waals surface area contributed by atoms with Crippen LogP contribution in [0.3, 0.4) is 0 Å². The molecule has 4 heterocycles. The van der Waals surface area contributed by atoms with Crippen molar-refractivity contribution in [2.75, 3.05) is 5.32 Å². The average Bonchev–Trinajstić information content (AvgIpc) is 3.33. The zero-order chi connectivity index (χ0) is 24.7. The molecule has 4 aromatic rings. The minimum atomic E-state index is -0.173. The van der Waals surface area contributed by atoms with Gasteiger partial charge in [-0.15, -0.1) is 0 Å². The van der Waals surface area contributed by atoms with Gasteiger partial charge in [-0.2, -0.15) is 15.3 Å². The molecule has 9 nitrogen and oxygen atoms in total. The van der Waals surface area contributed by atoms with E-state index in [9.17, 15) is 4.79 Å². The number of rotatable bonds is 7. The Bertz CT molecular complexity index is 1390. The summed E-state index contributed by atoms with van der Waals surface area (Å²) < 4.78 is 5.74. The number of hydrogen-bond donors (Lipinski definition) is 1. The standard InChI is InChI=1S/C25H34N8O/c1-9-10-11-32-24-22(16(4)29-32)20(12-14(2)26-24)25(34)27-23-17(5)30-33(19(23)7)13-21-15(3)28-31(8)18(21)6/h12H,9-11,13H2,1-8H3,(H,27,34). The molecule has 0 radical (unpaired) electrons. The molecule has 0 fully saturated rings. The van der Waals surface area contributed by atoms with Gasteiger partial charge in [0.05, 0.1) is 46.0 Å². The van der Waals surface area contributed by atoms with Gasteiger partial charge in [-0.05, 0) is 54.0 Å². The highest BCUT2D eigenvalue weighted by atomic mass is 16.1. The van der Waals surface area contributed by atoms with Crippen molar-refractivity contribution in [3.63, 3.8) is 0 Å². The first-order valence-corrected chi connectivity index (χ1v) is 11.8. The van der Waals surface area contributed by atoms with Crippen LogP contribution < -0.4 is 5.32 Å². The number of carbonyl (C=O) groups is 1. The van der Waals surface area contributed by atoms with Crippen molar-refractivity contribution in [1.29, 1.82) is 0 Å². The maximum Gasteiger partial charge on any atom is 0.256 e. The summed E-state index contributed by atoms with van der Waals surface area (Å²) in [5.41, 5.74) is 8.64. The SMILES string of the molecule is CCCCn1nc(C)c2c(C(=O)Nc3c(C)nn(Cc4c(C)nn(C)c4C)c3C)cc(C)nc21. The first-order valence-electron chi connectivity index (χ1n) is 11.8. The number of amides is 1. The van der Waals surface area contributed by atoms with Crippen molar-refractivity contribution in [1.82, 2.24) is 34.3 Å². The summed E-state index contributed by atoms with van der Waals surface area (Å²) in [5, 5.41) is 17.8. The Labute approximate surface area is 200 Å². The van der Waals surface area contributed by atoms with Gasteiger partial charge in [0.2, 0.25) is 0 Å². The van der Waals surface area contributed by atoms with Crippen molar-refractivity contribution >= 4 is 22.6 Å². The first kappa shape index (κ1) is 23.7. The van der Waals surface area contributed by atoms with Gasteiger partial charge in [-0.3, -0.25) is 14.2 Å². The summed E-state index contributed by atoms with van der Waals surface area (Å²) in [6.45, 7) is 15.4. The van der Waals surface area contributed by atoms with Crippen LogP contribution in [0.4, 0.5) is 5.69 Å². The van der Waals surface area contributed by atoms with Crippen LogP contribution >= 0.6 is 0 Å². The highest BCUT2D eigenvalue weighted by Crippen LogP contribution is 2.26. The lowest BCUT2D eigenvalue weighted by Crippen LogP contribution is -2.15. The van der Waals surface area contributed by atoms with Gasteiger partial charge in [-0.25, -0.2) is 9.67 Å². The van der Waals surface area contributed by atoms with Crippen LogP contribution in [0.15, 0.2) is 6.07 Å². The molecule has 4 rings (SSSR count). The number of unbranched alkanes of at least 4 members (excludes halogenated alkanes) is 1. The summed E-state index contributed by atoms with van der Waals surface area (Å²) in [7, 11) is 1.95. The van der Waals surface area contributed by atoms with E-state index in [1.54, 1.807) is 0 Å². The van der Waals surface area contributed by atoms with Gasteiger partial charge >= 0.3 is 0 Å².